The first-order chi connectivity index (χ1) is 8.49. The highest BCUT2D eigenvalue weighted by Gasteiger charge is 2.34. The van der Waals surface area contributed by atoms with Gasteiger partial charge in [0.2, 0.25) is 5.91 Å². The van der Waals surface area contributed by atoms with Crippen LogP contribution < -0.4 is 10.6 Å². The van der Waals surface area contributed by atoms with Crippen molar-refractivity contribution in [2.45, 2.75) is 45.6 Å². The summed E-state index contributed by atoms with van der Waals surface area (Å²) in [7, 11) is 0. The molecular weight excluding hydrogens is 224 g/mol. The first kappa shape index (κ1) is 13.1. The molecule has 1 amide bonds. The van der Waals surface area contributed by atoms with Crippen molar-refractivity contribution < 1.29 is 4.79 Å². The van der Waals surface area contributed by atoms with E-state index < -0.39 is 5.54 Å². The first-order valence-electron chi connectivity index (χ1n) is 6.64. The van der Waals surface area contributed by atoms with Crippen LogP contribution in [0.1, 0.15) is 37.3 Å². The summed E-state index contributed by atoms with van der Waals surface area (Å²) in [6.07, 6.45) is 3.18. The molecule has 18 heavy (non-hydrogen) atoms. The maximum Gasteiger partial charge on any atom is 0.244 e. The molecule has 1 aromatic rings. The summed E-state index contributed by atoms with van der Waals surface area (Å²) in [6.45, 7) is 7.01. The lowest BCUT2D eigenvalue weighted by Crippen LogP contribution is -2.54. The topological polar surface area (TPSA) is 41.1 Å². The van der Waals surface area contributed by atoms with Crippen LogP contribution in [0.2, 0.25) is 0 Å². The Morgan fingerprint density at radius 3 is 2.44 bits per heavy atom. The number of amides is 1. The van der Waals surface area contributed by atoms with Crippen molar-refractivity contribution in [2.75, 3.05) is 11.9 Å². The molecule has 0 radical (unpaired) electrons. The van der Waals surface area contributed by atoms with Crippen molar-refractivity contribution in [3.05, 3.63) is 29.3 Å². The normalized spacial score (nSPS) is 23.7. The number of hydrogen-bond acceptors (Lipinski definition) is 2. The fraction of sp³-hybridized carbons (Fsp3) is 0.533. The second-order valence-electron chi connectivity index (χ2n) is 5.55. The van der Waals surface area contributed by atoms with Gasteiger partial charge < -0.3 is 10.6 Å². The molecule has 0 aromatic heterocycles. The van der Waals surface area contributed by atoms with Crippen LogP contribution in [0.5, 0.6) is 0 Å². The van der Waals surface area contributed by atoms with Gasteiger partial charge in [-0.3, -0.25) is 4.79 Å². The Balaban J connectivity index is 2.10. The van der Waals surface area contributed by atoms with Crippen LogP contribution in [0.15, 0.2) is 18.2 Å². The minimum absolute atomic E-state index is 0.0761. The van der Waals surface area contributed by atoms with Crippen LogP contribution in [0, 0.1) is 13.8 Å². The molecule has 98 valence electrons. The van der Waals surface area contributed by atoms with Crippen LogP contribution in [0.3, 0.4) is 0 Å². The number of hydrogen-bond donors (Lipinski definition) is 2. The second-order valence-corrected chi connectivity index (χ2v) is 5.55. The van der Waals surface area contributed by atoms with Crippen LogP contribution in [0.4, 0.5) is 5.69 Å². The third-order valence-corrected chi connectivity index (χ3v) is 3.60. The van der Waals surface area contributed by atoms with Gasteiger partial charge in [-0.15, -0.1) is 0 Å². The molecule has 1 aliphatic rings. The quantitative estimate of drug-likeness (QED) is 0.842. The van der Waals surface area contributed by atoms with E-state index in [0.717, 1.165) is 31.5 Å². The Labute approximate surface area is 109 Å². The zero-order valence-electron chi connectivity index (χ0n) is 11.5. The summed E-state index contributed by atoms with van der Waals surface area (Å²) in [5, 5.41) is 6.37. The SMILES string of the molecule is Cc1cc(C)cc(NC(=O)C2(C)CCCCN2)c1. The number of rotatable bonds is 2. The number of piperidine rings is 1. The summed E-state index contributed by atoms with van der Waals surface area (Å²) >= 11 is 0. The molecule has 3 nitrogen and oxygen atoms in total. The summed E-state index contributed by atoms with van der Waals surface area (Å²) in [5.41, 5.74) is 2.82. The van der Waals surface area contributed by atoms with Crippen molar-refractivity contribution in [1.82, 2.24) is 5.32 Å². The van der Waals surface area contributed by atoms with E-state index in [2.05, 4.69) is 16.7 Å². The van der Waals surface area contributed by atoms with Crippen LogP contribution in [-0.4, -0.2) is 18.0 Å². The Bertz CT molecular complexity index is 428. The molecule has 0 spiro atoms. The minimum Gasteiger partial charge on any atom is -0.324 e. The molecule has 0 saturated carbocycles. The monoisotopic (exact) mass is 246 g/mol. The van der Waals surface area contributed by atoms with E-state index in [4.69, 9.17) is 0 Å². The molecule has 1 saturated heterocycles. The second kappa shape index (κ2) is 5.11. The Hall–Kier alpha value is -1.35. The van der Waals surface area contributed by atoms with E-state index in [1.807, 2.05) is 32.9 Å². The highest BCUT2D eigenvalue weighted by molar-refractivity contribution is 5.98. The molecule has 1 fully saturated rings. The van der Waals surface area contributed by atoms with Gasteiger partial charge in [0, 0.05) is 5.69 Å². The predicted molar refractivity (Wildman–Crippen MR) is 74.8 cm³/mol. The number of benzene rings is 1. The van der Waals surface area contributed by atoms with Gasteiger partial charge in [-0.05, 0) is 69.8 Å². The number of carbonyl (C=O) groups excluding carboxylic acids is 1. The van der Waals surface area contributed by atoms with Gasteiger partial charge in [-0.2, -0.15) is 0 Å². The molecule has 1 unspecified atom stereocenters. The van der Waals surface area contributed by atoms with Gasteiger partial charge in [-0.25, -0.2) is 0 Å². The van der Waals surface area contributed by atoms with Gasteiger partial charge >= 0.3 is 0 Å². The highest BCUT2D eigenvalue weighted by Crippen LogP contribution is 2.22. The zero-order valence-corrected chi connectivity index (χ0v) is 11.5. The van der Waals surface area contributed by atoms with E-state index >= 15 is 0 Å². The lowest BCUT2D eigenvalue weighted by atomic mass is 9.90. The summed E-state index contributed by atoms with van der Waals surface area (Å²) < 4.78 is 0. The summed E-state index contributed by atoms with van der Waals surface area (Å²) in [5.74, 6) is 0.0761. The van der Waals surface area contributed by atoms with Crippen LogP contribution in [-0.2, 0) is 4.79 Å². The molecule has 2 rings (SSSR count). The summed E-state index contributed by atoms with van der Waals surface area (Å²) in [6, 6.07) is 6.13. The van der Waals surface area contributed by atoms with E-state index in [9.17, 15) is 4.79 Å². The molecule has 3 heteroatoms. The average molecular weight is 246 g/mol. The maximum atomic E-state index is 12.3. The van der Waals surface area contributed by atoms with Crippen molar-refractivity contribution in [3.63, 3.8) is 0 Å². The van der Waals surface area contributed by atoms with Gasteiger partial charge in [0.05, 0.1) is 5.54 Å². The van der Waals surface area contributed by atoms with Gasteiger partial charge in [-0.1, -0.05) is 6.07 Å². The number of anilines is 1. The Kier molecular flexibility index (Phi) is 3.71. The molecule has 1 atom stereocenters. The number of nitrogens with one attached hydrogen (secondary N) is 2. The third-order valence-electron chi connectivity index (χ3n) is 3.60. The third kappa shape index (κ3) is 2.91. The van der Waals surface area contributed by atoms with E-state index in [1.165, 1.54) is 11.1 Å². The maximum absolute atomic E-state index is 12.3. The highest BCUT2D eigenvalue weighted by atomic mass is 16.2. The smallest absolute Gasteiger partial charge is 0.244 e. The Morgan fingerprint density at radius 2 is 1.89 bits per heavy atom. The van der Waals surface area contributed by atoms with Gasteiger partial charge in [0.25, 0.3) is 0 Å². The lowest BCUT2D eigenvalue weighted by Gasteiger charge is -2.33. The van der Waals surface area contributed by atoms with Crippen molar-refractivity contribution in [2.24, 2.45) is 0 Å². The van der Waals surface area contributed by atoms with Crippen molar-refractivity contribution in [1.29, 1.82) is 0 Å². The standard InChI is InChI=1S/C15H22N2O/c1-11-8-12(2)10-13(9-11)17-14(18)15(3)6-4-5-7-16-15/h8-10,16H,4-7H2,1-3H3,(H,17,18). The van der Waals surface area contributed by atoms with Crippen LogP contribution >= 0.6 is 0 Å². The molecule has 1 aromatic carbocycles. The average Bonchev–Trinajstić information content (AvgIpc) is 2.28. The van der Waals surface area contributed by atoms with E-state index in [1.54, 1.807) is 0 Å². The predicted octanol–water partition coefficient (Wildman–Crippen LogP) is 2.77. The van der Waals surface area contributed by atoms with Crippen molar-refractivity contribution in [3.8, 4) is 0 Å². The summed E-state index contributed by atoms with van der Waals surface area (Å²) in [4.78, 5) is 12.3. The largest absolute Gasteiger partial charge is 0.324 e. The Morgan fingerprint density at radius 1 is 1.22 bits per heavy atom. The number of carbonyl (C=O) groups is 1. The molecule has 1 heterocycles. The number of aryl methyl sites for hydroxylation is 2. The van der Waals surface area contributed by atoms with E-state index in [0.29, 0.717) is 0 Å². The first-order valence-corrected chi connectivity index (χ1v) is 6.64. The molecular formula is C15H22N2O. The zero-order chi connectivity index (χ0) is 13.2. The molecule has 2 N–H and O–H groups in total. The van der Waals surface area contributed by atoms with Gasteiger partial charge in [0.1, 0.15) is 0 Å². The minimum atomic E-state index is -0.421. The molecule has 1 aliphatic heterocycles. The molecule has 0 aliphatic carbocycles. The lowest BCUT2D eigenvalue weighted by molar-refractivity contribution is -0.122. The fourth-order valence-electron chi connectivity index (χ4n) is 2.57. The van der Waals surface area contributed by atoms with Crippen LogP contribution in [0.25, 0.3) is 0 Å². The fourth-order valence-corrected chi connectivity index (χ4v) is 2.57. The van der Waals surface area contributed by atoms with E-state index in [-0.39, 0.29) is 5.91 Å². The molecule has 0 bridgehead atoms. The van der Waals surface area contributed by atoms with Crippen molar-refractivity contribution >= 4 is 11.6 Å². The van der Waals surface area contributed by atoms with Gasteiger partial charge in [0.15, 0.2) is 0 Å².